The van der Waals surface area contributed by atoms with Crippen LogP contribution in [-0.4, -0.2) is 14.3 Å². The lowest BCUT2D eigenvalue weighted by molar-refractivity contribution is 0.102. The Labute approximate surface area is 181 Å². The Hall–Kier alpha value is -2.32. The Bertz CT molecular complexity index is 1170. The summed E-state index contributed by atoms with van der Waals surface area (Å²) < 4.78 is 41.8. The van der Waals surface area contributed by atoms with Crippen molar-refractivity contribution in [3.8, 4) is 0 Å². The molecule has 0 fully saturated rings. The molecule has 2 N–H and O–H groups in total. The molecule has 0 radical (unpaired) electrons. The van der Waals surface area contributed by atoms with Gasteiger partial charge in [-0.1, -0.05) is 40.9 Å². The van der Waals surface area contributed by atoms with Crippen molar-refractivity contribution in [1.82, 2.24) is 0 Å². The van der Waals surface area contributed by atoms with Crippen LogP contribution in [0, 0.1) is 5.82 Å². The minimum Gasteiger partial charge on any atom is -0.319 e. The molecular weight excluding hydrogens is 462 g/mol. The number of halogens is 4. The first-order valence-electron chi connectivity index (χ1n) is 8.01. The Morgan fingerprint density at radius 1 is 0.897 bits per heavy atom. The molecule has 0 atom stereocenters. The molecule has 10 heteroatoms. The van der Waals surface area contributed by atoms with E-state index >= 15 is 0 Å². The molecule has 0 aliphatic carbocycles. The maximum Gasteiger partial charge on any atom is 0.262 e. The predicted octanol–water partition coefficient (Wildman–Crippen LogP) is 5.84. The Kier molecular flexibility index (Phi) is 6.33. The number of rotatable bonds is 5. The summed E-state index contributed by atoms with van der Waals surface area (Å²) >= 11 is 17.7. The molecule has 0 aliphatic rings. The summed E-state index contributed by atoms with van der Waals surface area (Å²) in [6.07, 6.45) is 0. The molecule has 0 aromatic heterocycles. The third kappa shape index (κ3) is 5.00. The van der Waals surface area contributed by atoms with Crippen molar-refractivity contribution in [2.24, 2.45) is 0 Å². The van der Waals surface area contributed by atoms with Gasteiger partial charge in [-0.3, -0.25) is 9.52 Å². The summed E-state index contributed by atoms with van der Waals surface area (Å²) in [5, 5.41) is 3.01. The second-order valence-corrected chi connectivity index (χ2v) is 8.74. The molecule has 1 amide bonds. The number of para-hydroxylation sites is 1. The number of carbonyl (C=O) groups excluding carboxylic acids is 1. The van der Waals surface area contributed by atoms with Crippen molar-refractivity contribution in [2.45, 2.75) is 4.90 Å². The van der Waals surface area contributed by atoms with Crippen LogP contribution in [0.4, 0.5) is 15.8 Å². The van der Waals surface area contributed by atoms with Gasteiger partial charge in [-0.05, 0) is 54.6 Å². The van der Waals surface area contributed by atoms with Gasteiger partial charge in [0.05, 0.1) is 26.3 Å². The fourth-order valence-electron chi connectivity index (χ4n) is 2.35. The lowest BCUT2D eigenvalue weighted by Gasteiger charge is -2.12. The van der Waals surface area contributed by atoms with Crippen LogP contribution in [0.3, 0.4) is 0 Å². The van der Waals surface area contributed by atoms with Gasteiger partial charge in [0.1, 0.15) is 5.82 Å². The van der Waals surface area contributed by atoms with Gasteiger partial charge in [-0.15, -0.1) is 0 Å². The van der Waals surface area contributed by atoms with Gasteiger partial charge in [0.25, 0.3) is 15.9 Å². The fraction of sp³-hybridized carbons (Fsp3) is 0. The predicted molar refractivity (Wildman–Crippen MR) is 113 cm³/mol. The van der Waals surface area contributed by atoms with Gasteiger partial charge in [-0.2, -0.15) is 0 Å². The van der Waals surface area contributed by atoms with Crippen LogP contribution in [0.25, 0.3) is 0 Å². The van der Waals surface area contributed by atoms with Crippen molar-refractivity contribution >= 4 is 62.1 Å². The summed E-state index contributed by atoms with van der Waals surface area (Å²) in [5.74, 6) is -1.50. The van der Waals surface area contributed by atoms with Gasteiger partial charge in [0, 0.05) is 10.6 Å². The molecular formula is C19H12Cl3FN2O3S. The summed E-state index contributed by atoms with van der Waals surface area (Å²) in [6.45, 7) is 0. The van der Waals surface area contributed by atoms with Crippen LogP contribution >= 0.6 is 34.8 Å². The summed E-state index contributed by atoms with van der Waals surface area (Å²) in [5.41, 5.74) is 0.0663. The van der Waals surface area contributed by atoms with Gasteiger partial charge < -0.3 is 5.32 Å². The van der Waals surface area contributed by atoms with E-state index in [1.807, 2.05) is 0 Å². The zero-order valence-electron chi connectivity index (χ0n) is 14.4. The monoisotopic (exact) mass is 472 g/mol. The van der Waals surface area contributed by atoms with E-state index in [1.165, 1.54) is 36.4 Å². The Morgan fingerprint density at radius 3 is 2.10 bits per heavy atom. The highest BCUT2D eigenvalue weighted by Crippen LogP contribution is 2.32. The normalized spacial score (nSPS) is 11.2. The first-order valence-corrected chi connectivity index (χ1v) is 10.6. The molecule has 0 heterocycles. The second-order valence-electron chi connectivity index (χ2n) is 5.80. The molecule has 3 aromatic rings. The van der Waals surface area contributed by atoms with Crippen LogP contribution in [-0.2, 0) is 10.0 Å². The standard InChI is InChI=1S/C19H12Cl3FN2O3S/c20-12-6-4-11(5-7-12)19(26)24-17-9-8-13(10-16(17)23)29(27,28)25-18-14(21)2-1-3-15(18)22/h1-10,25H,(H,24,26). The summed E-state index contributed by atoms with van der Waals surface area (Å²) in [7, 11) is -4.17. The minimum atomic E-state index is -4.17. The lowest BCUT2D eigenvalue weighted by atomic mass is 10.2. The van der Waals surface area contributed by atoms with Gasteiger partial charge in [0.2, 0.25) is 0 Å². The Balaban J connectivity index is 1.83. The van der Waals surface area contributed by atoms with Crippen molar-refractivity contribution in [3.05, 3.63) is 87.1 Å². The minimum absolute atomic E-state index is 0.0173. The maximum absolute atomic E-state index is 14.4. The van der Waals surface area contributed by atoms with Crippen LogP contribution in [0.1, 0.15) is 10.4 Å². The number of sulfonamides is 1. The number of hydrogen-bond donors (Lipinski definition) is 2. The first kappa shape index (κ1) is 21.4. The molecule has 0 bridgehead atoms. The molecule has 0 spiro atoms. The van der Waals surface area contributed by atoms with E-state index in [4.69, 9.17) is 34.8 Å². The van der Waals surface area contributed by atoms with Crippen LogP contribution in [0.2, 0.25) is 15.1 Å². The van der Waals surface area contributed by atoms with Crippen LogP contribution < -0.4 is 10.0 Å². The van der Waals surface area contributed by atoms with E-state index in [1.54, 1.807) is 6.07 Å². The van der Waals surface area contributed by atoms with Crippen molar-refractivity contribution in [1.29, 1.82) is 0 Å². The molecule has 3 aromatic carbocycles. The highest BCUT2D eigenvalue weighted by Gasteiger charge is 2.20. The Morgan fingerprint density at radius 2 is 1.52 bits per heavy atom. The van der Waals surface area contributed by atoms with E-state index in [0.717, 1.165) is 18.2 Å². The molecule has 0 aliphatic heterocycles. The van der Waals surface area contributed by atoms with E-state index in [-0.39, 0.29) is 31.9 Å². The first-order chi connectivity index (χ1) is 13.7. The van der Waals surface area contributed by atoms with Gasteiger partial charge in [0.15, 0.2) is 0 Å². The maximum atomic E-state index is 14.4. The molecule has 29 heavy (non-hydrogen) atoms. The highest BCUT2D eigenvalue weighted by atomic mass is 35.5. The zero-order valence-corrected chi connectivity index (χ0v) is 17.5. The van der Waals surface area contributed by atoms with E-state index in [9.17, 15) is 17.6 Å². The third-order valence-corrected chi connectivity index (χ3v) is 6.03. The number of amides is 1. The number of carbonyl (C=O) groups is 1. The van der Waals surface area contributed by atoms with Crippen molar-refractivity contribution < 1.29 is 17.6 Å². The smallest absolute Gasteiger partial charge is 0.262 e. The third-order valence-electron chi connectivity index (χ3n) is 3.80. The molecule has 3 rings (SSSR count). The molecule has 0 unspecified atom stereocenters. The quantitative estimate of drug-likeness (QED) is 0.489. The number of hydrogen-bond acceptors (Lipinski definition) is 3. The zero-order chi connectivity index (χ0) is 21.2. The number of nitrogens with one attached hydrogen (secondary N) is 2. The second kappa shape index (κ2) is 8.59. The van der Waals surface area contributed by atoms with Gasteiger partial charge >= 0.3 is 0 Å². The highest BCUT2D eigenvalue weighted by molar-refractivity contribution is 7.92. The number of benzene rings is 3. The molecule has 0 saturated heterocycles. The average Bonchev–Trinajstić information content (AvgIpc) is 2.67. The van der Waals surface area contributed by atoms with Crippen LogP contribution in [0.15, 0.2) is 65.6 Å². The topological polar surface area (TPSA) is 75.3 Å². The largest absolute Gasteiger partial charge is 0.319 e. The van der Waals surface area contributed by atoms with Crippen molar-refractivity contribution in [2.75, 3.05) is 10.0 Å². The van der Waals surface area contributed by atoms with E-state index < -0.39 is 21.7 Å². The number of anilines is 2. The van der Waals surface area contributed by atoms with E-state index in [0.29, 0.717) is 5.02 Å². The molecule has 5 nitrogen and oxygen atoms in total. The molecule has 150 valence electrons. The fourth-order valence-corrected chi connectivity index (χ4v) is 4.19. The van der Waals surface area contributed by atoms with Crippen LogP contribution in [0.5, 0.6) is 0 Å². The van der Waals surface area contributed by atoms with Crippen molar-refractivity contribution in [3.63, 3.8) is 0 Å². The van der Waals surface area contributed by atoms with Gasteiger partial charge in [-0.25, -0.2) is 12.8 Å². The molecule has 0 saturated carbocycles. The van der Waals surface area contributed by atoms with E-state index in [2.05, 4.69) is 10.0 Å². The SMILES string of the molecule is O=C(Nc1ccc(S(=O)(=O)Nc2c(Cl)cccc2Cl)cc1F)c1ccc(Cl)cc1. The summed E-state index contributed by atoms with van der Waals surface area (Å²) in [4.78, 5) is 11.8. The average molecular weight is 474 g/mol. The summed E-state index contributed by atoms with van der Waals surface area (Å²) in [6, 6.07) is 13.5. The lowest BCUT2D eigenvalue weighted by Crippen LogP contribution is -2.16.